The molecule has 0 aliphatic carbocycles. The number of carbonyl (C=O) groups is 1. The van der Waals surface area contributed by atoms with Crippen molar-refractivity contribution in [2.75, 3.05) is 19.6 Å². The number of piperidine rings is 1. The largest absolute Gasteiger partial charge is 0.354 e. The van der Waals surface area contributed by atoms with E-state index < -0.39 is 0 Å². The first kappa shape index (κ1) is 14.5. The number of likely N-dealkylation sites (tertiary alicyclic amines) is 1. The molecular weight excluding hydrogens is 214 g/mol. The number of nitrogens with zero attached hydrogens (tertiary/aromatic N) is 1. The summed E-state index contributed by atoms with van der Waals surface area (Å²) in [5, 5.41) is 2.94. The molecule has 0 spiro atoms. The molecule has 1 rings (SSSR count). The molecule has 1 amide bonds. The van der Waals surface area contributed by atoms with Gasteiger partial charge >= 0.3 is 0 Å². The predicted octanol–water partition coefficient (Wildman–Crippen LogP) is 0.960. The SMILES string of the molecule is CC1CCCN(C(CN)CC(=O)NC(C)C)C1. The van der Waals surface area contributed by atoms with Gasteiger partial charge in [-0.3, -0.25) is 9.69 Å². The number of nitrogens with one attached hydrogen (secondary N) is 1. The van der Waals surface area contributed by atoms with E-state index in [1.165, 1.54) is 12.8 Å². The van der Waals surface area contributed by atoms with E-state index in [9.17, 15) is 4.79 Å². The van der Waals surface area contributed by atoms with Crippen LogP contribution in [0.1, 0.15) is 40.0 Å². The maximum absolute atomic E-state index is 11.8. The van der Waals surface area contributed by atoms with Crippen molar-refractivity contribution in [3.05, 3.63) is 0 Å². The lowest BCUT2D eigenvalue weighted by Gasteiger charge is -2.36. The van der Waals surface area contributed by atoms with Gasteiger partial charge in [0.05, 0.1) is 0 Å². The fourth-order valence-corrected chi connectivity index (χ4v) is 2.51. The van der Waals surface area contributed by atoms with Crippen LogP contribution in [0.2, 0.25) is 0 Å². The van der Waals surface area contributed by atoms with Crippen molar-refractivity contribution >= 4 is 5.91 Å². The number of rotatable bonds is 5. The number of amides is 1. The number of hydrogen-bond donors (Lipinski definition) is 2. The van der Waals surface area contributed by atoms with Gasteiger partial charge in [0.2, 0.25) is 5.91 Å². The van der Waals surface area contributed by atoms with Crippen molar-refractivity contribution in [1.82, 2.24) is 10.2 Å². The van der Waals surface area contributed by atoms with Gasteiger partial charge in [-0.05, 0) is 39.2 Å². The first-order valence-corrected chi connectivity index (χ1v) is 6.76. The van der Waals surface area contributed by atoms with Crippen LogP contribution < -0.4 is 11.1 Å². The summed E-state index contributed by atoms with van der Waals surface area (Å²) in [7, 11) is 0. The zero-order valence-electron chi connectivity index (χ0n) is 11.4. The highest BCUT2D eigenvalue weighted by Crippen LogP contribution is 2.18. The fraction of sp³-hybridized carbons (Fsp3) is 0.923. The highest BCUT2D eigenvalue weighted by Gasteiger charge is 2.24. The van der Waals surface area contributed by atoms with Gasteiger partial charge < -0.3 is 11.1 Å². The van der Waals surface area contributed by atoms with Gasteiger partial charge in [0.15, 0.2) is 0 Å². The summed E-state index contributed by atoms with van der Waals surface area (Å²) in [6.45, 7) is 8.97. The zero-order valence-corrected chi connectivity index (χ0v) is 11.4. The Morgan fingerprint density at radius 3 is 2.76 bits per heavy atom. The van der Waals surface area contributed by atoms with E-state index in [1.54, 1.807) is 0 Å². The topological polar surface area (TPSA) is 58.4 Å². The normalized spacial score (nSPS) is 23.7. The lowest BCUT2D eigenvalue weighted by molar-refractivity contribution is -0.122. The average Bonchev–Trinajstić information content (AvgIpc) is 2.24. The second kappa shape index (κ2) is 6.97. The minimum absolute atomic E-state index is 0.119. The van der Waals surface area contributed by atoms with Crippen LogP contribution in [0.15, 0.2) is 0 Å². The molecule has 1 aliphatic heterocycles. The Bertz CT molecular complexity index is 243. The summed E-state index contributed by atoms with van der Waals surface area (Å²) >= 11 is 0. The number of hydrogen-bond acceptors (Lipinski definition) is 3. The van der Waals surface area contributed by atoms with Crippen LogP contribution in [0.5, 0.6) is 0 Å². The molecule has 1 fully saturated rings. The van der Waals surface area contributed by atoms with Gasteiger partial charge in [0, 0.05) is 31.6 Å². The number of carbonyl (C=O) groups excluding carboxylic acids is 1. The predicted molar refractivity (Wildman–Crippen MR) is 70.7 cm³/mol. The van der Waals surface area contributed by atoms with Gasteiger partial charge in [0.25, 0.3) is 0 Å². The molecule has 0 bridgehead atoms. The van der Waals surface area contributed by atoms with Crippen molar-refractivity contribution in [3.8, 4) is 0 Å². The molecule has 3 N–H and O–H groups in total. The molecule has 2 unspecified atom stereocenters. The molecule has 2 atom stereocenters. The van der Waals surface area contributed by atoms with Crippen LogP contribution in [-0.2, 0) is 4.79 Å². The van der Waals surface area contributed by atoms with E-state index in [1.807, 2.05) is 13.8 Å². The van der Waals surface area contributed by atoms with Crippen molar-refractivity contribution in [2.45, 2.75) is 52.1 Å². The van der Waals surface area contributed by atoms with E-state index in [2.05, 4.69) is 17.1 Å². The molecule has 100 valence electrons. The van der Waals surface area contributed by atoms with Crippen molar-refractivity contribution in [1.29, 1.82) is 0 Å². The molecule has 0 aromatic rings. The van der Waals surface area contributed by atoms with E-state index in [0.29, 0.717) is 13.0 Å². The summed E-state index contributed by atoms with van der Waals surface area (Å²) in [4.78, 5) is 14.1. The highest BCUT2D eigenvalue weighted by atomic mass is 16.1. The van der Waals surface area contributed by atoms with Crippen LogP contribution in [0.4, 0.5) is 0 Å². The highest BCUT2D eigenvalue weighted by molar-refractivity contribution is 5.76. The van der Waals surface area contributed by atoms with Gasteiger partial charge in [-0.1, -0.05) is 6.92 Å². The third-order valence-electron chi connectivity index (χ3n) is 3.35. The molecule has 4 heteroatoms. The molecule has 0 aromatic carbocycles. The fourth-order valence-electron chi connectivity index (χ4n) is 2.51. The third kappa shape index (κ3) is 5.04. The summed E-state index contributed by atoms with van der Waals surface area (Å²) < 4.78 is 0. The average molecular weight is 241 g/mol. The summed E-state index contributed by atoms with van der Waals surface area (Å²) in [6.07, 6.45) is 3.05. The Morgan fingerprint density at radius 1 is 1.53 bits per heavy atom. The minimum Gasteiger partial charge on any atom is -0.354 e. The summed E-state index contributed by atoms with van der Waals surface area (Å²) in [6, 6.07) is 0.415. The van der Waals surface area contributed by atoms with Crippen molar-refractivity contribution < 1.29 is 4.79 Å². The van der Waals surface area contributed by atoms with E-state index in [-0.39, 0.29) is 18.0 Å². The van der Waals surface area contributed by atoms with Crippen LogP contribution in [0.25, 0.3) is 0 Å². The summed E-state index contributed by atoms with van der Waals surface area (Å²) in [5.41, 5.74) is 5.81. The Hall–Kier alpha value is -0.610. The molecule has 17 heavy (non-hydrogen) atoms. The smallest absolute Gasteiger partial charge is 0.221 e. The monoisotopic (exact) mass is 241 g/mol. The van der Waals surface area contributed by atoms with Gasteiger partial charge in [0.1, 0.15) is 0 Å². The Morgan fingerprint density at radius 2 is 2.24 bits per heavy atom. The lowest BCUT2D eigenvalue weighted by Crippen LogP contribution is -2.48. The van der Waals surface area contributed by atoms with Gasteiger partial charge in [-0.25, -0.2) is 0 Å². The molecule has 1 heterocycles. The Kier molecular flexibility index (Phi) is 5.92. The maximum atomic E-state index is 11.8. The lowest BCUT2D eigenvalue weighted by atomic mass is 9.97. The molecule has 4 nitrogen and oxygen atoms in total. The second-order valence-electron chi connectivity index (χ2n) is 5.56. The first-order chi connectivity index (χ1) is 8.02. The molecule has 0 radical (unpaired) electrons. The molecule has 0 aromatic heterocycles. The third-order valence-corrected chi connectivity index (χ3v) is 3.35. The quantitative estimate of drug-likeness (QED) is 0.754. The standard InChI is InChI=1S/C13H27N3O/c1-10(2)15-13(17)7-12(8-14)16-6-4-5-11(3)9-16/h10-12H,4-9,14H2,1-3H3,(H,15,17). The number of nitrogens with two attached hydrogens (primary N) is 1. The van der Waals surface area contributed by atoms with Crippen LogP contribution in [-0.4, -0.2) is 42.5 Å². The molecule has 1 saturated heterocycles. The van der Waals surface area contributed by atoms with Gasteiger partial charge in [-0.15, -0.1) is 0 Å². The molecule has 0 saturated carbocycles. The van der Waals surface area contributed by atoms with Crippen LogP contribution >= 0.6 is 0 Å². The Balaban J connectivity index is 2.44. The maximum Gasteiger partial charge on any atom is 0.221 e. The van der Waals surface area contributed by atoms with Gasteiger partial charge in [-0.2, -0.15) is 0 Å². The first-order valence-electron chi connectivity index (χ1n) is 6.76. The van der Waals surface area contributed by atoms with E-state index in [4.69, 9.17) is 5.73 Å². The second-order valence-corrected chi connectivity index (χ2v) is 5.56. The van der Waals surface area contributed by atoms with Crippen LogP contribution in [0, 0.1) is 5.92 Å². The van der Waals surface area contributed by atoms with E-state index in [0.717, 1.165) is 19.0 Å². The molecular formula is C13H27N3O. The Labute approximate surface area is 105 Å². The summed E-state index contributed by atoms with van der Waals surface area (Å²) in [5.74, 6) is 0.847. The van der Waals surface area contributed by atoms with Crippen LogP contribution in [0.3, 0.4) is 0 Å². The van der Waals surface area contributed by atoms with Crippen molar-refractivity contribution in [3.63, 3.8) is 0 Å². The van der Waals surface area contributed by atoms with Crippen molar-refractivity contribution in [2.24, 2.45) is 11.7 Å². The zero-order chi connectivity index (χ0) is 12.8. The minimum atomic E-state index is 0.119. The molecule has 1 aliphatic rings. The van der Waals surface area contributed by atoms with E-state index >= 15 is 0 Å².